The van der Waals surface area contributed by atoms with Crippen molar-refractivity contribution in [3.63, 3.8) is 0 Å². The molecule has 0 aliphatic carbocycles. The fourth-order valence-corrected chi connectivity index (χ4v) is 5.76. The lowest BCUT2D eigenvalue weighted by Gasteiger charge is -2.32. The van der Waals surface area contributed by atoms with E-state index >= 15 is 0 Å². The van der Waals surface area contributed by atoms with Gasteiger partial charge in [0.25, 0.3) is 0 Å². The molecule has 1 aliphatic rings. The Morgan fingerprint density at radius 3 is 2.18 bits per heavy atom. The van der Waals surface area contributed by atoms with Crippen LogP contribution in [-0.2, 0) is 33.5 Å². The lowest BCUT2D eigenvalue weighted by Crippen LogP contribution is -2.39. The number of amides is 1. The molecule has 0 spiro atoms. The SMILES string of the molecule is CN(C(=O)Cc1ccc(CNS(=O)(=O)Cc2ccccc2)cc1)C(CN1CCC(O)C1)c1ccccc1.Cl. The minimum absolute atomic E-state index is 0. The maximum absolute atomic E-state index is 13.2. The average molecular weight is 558 g/mol. The van der Waals surface area contributed by atoms with Gasteiger partial charge in [0.1, 0.15) is 0 Å². The van der Waals surface area contributed by atoms with Crippen molar-refractivity contribution in [2.75, 3.05) is 26.7 Å². The highest BCUT2D eigenvalue weighted by atomic mass is 35.5. The van der Waals surface area contributed by atoms with Gasteiger partial charge in [0, 0.05) is 33.2 Å². The van der Waals surface area contributed by atoms with E-state index in [-0.39, 0.29) is 49.2 Å². The molecule has 0 radical (unpaired) electrons. The van der Waals surface area contributed by atoms with Crippen LogP contribution in [0.15, 0.2) is 84.9 Å². The summed E-state index contributed by atoms with van der Waals surface area (Å²) in [6, 6.07) is 26.4. The van der Waals surface area contributed by atoms with Gasteiger partial charge in [0.2, 0.25) is 15.9 Å². The van der Waals surface area contributed by atoms with Gasteiger partial charge in [-0.1, -0.05) is 84.9 Å². The first-order valence-corrected chi connectivity index (χ1v) is 14.2. The third-order valence-electron chi connectivity index (χ3n) is 6.80. The number of aliphatic hydroxyl groups is 1. The summed E-state index contributed by atoms with van der Waals surface area (Å²) in [6.45, 7) is 2.32. The van der Waals surface area contributed by atoms with Gasteiger partial charge >= 0.3 is 0 Å². The quantitative estimate of drug-likeness (QED) is 0.376. The number of carbonyl (C=O) groups is 1. The maximum Gasteiger partial charge on any atom is 0.227 e. The van der Waals surface area contributed by atoms with Crippen molar-refractivity contribution in [2.24, 2.45) is 0 Å². The van der Waals surface area contributed by atoms with E-state index in [0.717, 1.165) is 35.2 Å². The van der Waals surface area contributed by atoms with E-state index in [1.807, 2.05) is 79.8 Å². The van der Waals surface area contributed by atoms with Gasteiger partial charge < -0.3 is 10.0 Å². The Labute approximate surface area is 231 Å². The molecule has 1 fully saturated rings. The second-order valence-electron chi connectivity index (χ2n) is 9.69. The van der Waals surface area contributed by atoms with Crippen LogP contribution in [0.4, 0.5) is 0 Å². The molecule has 1 heterocycles. The van der Waals surface area contributed by atoms with Crippen LogP contribution in [0.3, 0.4) is 0 Å². The predicted octanol–water partition coefficient (Wildman–Crippen LogP) is 3.54. The van der Waals surface area contributed by atoms with Gasteiger partial charge in [-0.25, -0.2) is 13.1 Å². The van der Waals surface area contributed by atoms with Crippen molar-refractivity contribution >= 4 is 28.3 Å². The molecule has 2 atom stereocenters. The minimum atomic E-state index is -3.45. The van der Waals surface area contributed by atoms with E-state index < -0.39 is 10.0 Å². The number of aliphatic hydroxyl groups excluding tert-OH is 1. The Balaban J connectivity index is 0.00000400. The standard InChI is InChI=1S/C29H35N3O4S.ClH/c1-31(28(26-10-6-3-7-11-26)21-32-17-16-27(33)20-32)29(34)18-23-12-14-24(15-13-23)19-30-37(35,36)22-25-8-4-2-5-9-25;/h2-15,27-28,30,33H,16-22H2,1H3;1H. The molecule has 0 saturated carbocycles. The molecule has 0 bridgehead atoms. The van der Waals surface area contributed by atoms with Crippen molar-refractivity contribution in [3.05, 3.63) is 107 Å². The molecule has 3 aromatic carbocycles. The smallest absolute Gasteiger partial charge is 0.227 e. The third-order valence-corrected chi connectivity index (χ3v) is 8.10. The summed E-state index contributed by atoms with van der Waals surface area (Å²) < 4.78 is 27.5. The van der Waals surface area contributed by atoms with Gasteiger partial charge in [-0.3, -0.25) is 9.69 Å². The van der Waals surface area contributed by atoms with E-state index in [4.69, 9.17) is 0 Å². The van der Waals surface area contributed by atoms with Gasteiger partial charge in [-0.05, 0) is 28.7 Å². The molecule has 204 valence electrons. The van der Waals surface area contributed by atoms with Crippen molar-refractivity contribution in [1.82, 2.24) is 14.5 Å². The number of halogens is 1. The Morgan fingerprint density at radius 2 is 1.58 bits per heavy atom. The summed E-state index contributed by atoms with van der Waals surface area (Å²) in [6.07, 6.45) is 0.704. The number of likely N-dealkylation sites (tertiary alicyclic amines) is 1. The molecule has 1 aliphatic heterocycles. The van der Waals surface area contributed by atoms with Crippen LogP contribution in [0, 0.1) is 0 Å². The lowest BCUT2D eigenvalue weighted by atomic mass is 10.0. The van der Waals surface area contributed by atoms with E-state index in [2.05, 4.69) is 9.62 Å². The number of hydrogen-bond donors (Lipinski definition) is 2. The Hall–Kier alpha value is -2.75. The second kappa shape index (κ2) is 13.9. The summed E-state index contributed by atoms with van der Waals surface area (Å²) in [4.78, 5) is 17.3. The normalized spacial score (nSPS) is 16.5. The molecule has 9 heteroatoms. The topological polar surface area (TPSA) is 90.0 Å². The number of nitrogens with one attached hydrogen (secondary N) is 1. The van der Waals surface area contributed by atoms with Crippen molar-refractivity contribution < 1.29 is 18.3 Å². The third kappa shape index (κ3) is 8.64. The van der Waals surface area contributed by atoms with Crippen LogP contribution >= 0.6 is 12.4 Å². The number of nitrogens with zero attached hydrogens (tertiary/aromatic N) is 2. The van der Waals surface area contributed by atoms with Crippen LogP contribution in [-0.4, -0.2) is 62.0 Å². The number of β-amino-alcohol motifs (C(OH)–C–C–N with tert-alkyl or cyclic N) is 1. The molecule has 0 aromatic heterocycles. The summed E-state index contributed by atoms with van der Waals surface area (Å²) in [5, 5.41) is 9.94. The molecule has 7 nitrogen and oxygen atoms in total. The zero-order chi connectivity index (χ0) is 26.3. The molecular weight excluding hydrogens is 522 g/mol. The lowest BCUT2D eigenvalue weighted by molar-refractivity contribution is -0.131. The summed E-state index contributed by atoms with van der Waals surface area (Å²) in [5.41, 5.74) is 3.51. The molecule has 4 rings (SSSR count). The van der Waals surface area contributed by atoms with E-state index in [9.17, 15) is 18.3 Å². The summed E-state index contributed by atoms with van der Waals surface area (Å²) >= 11 is 0. The van der Waals surface area contributed by atoms with E-state index in [1.165, 1.54) is 0 Å². The highest BCUT2D eigenvalue weighted by Gasteiger charge is 2.28. The number of benzene rings is 3. The zero-order valence-electron chi connectivity index (χ0n) is 21.6. The van der Waals surface area contributed by atoms with Gasteiger partial charge in [-0.2, -0.15) is 0 Å². The van der Waals surface area contributed by atoms with Gasteiger partial charge in [0.15, 0.2) is 0 Å². The fraction of sp³-hybridized carbons (Fsp3) is 0.345. The van der Waals surface area contributed by atoms with Crippen LogP contribution in [0.2, 0.25) is 0 Å². The van der Waals surface area contributed by atoms with Crippen LogP contribution in [0.5, 0.6) is 0 Å². The number of carbonyl (C=O) groups excluding carboxylic acids is 1. The Kier molecular flexibility index (Phi) is 10.9. The molecule has 2 N–H and O–H groups in total. The second-order valence-corrected chi connectivity index (χ2v) is 11.5. The van der Waals surface area contributed by atoms with Crippen molar-refractivity contribution in [2.45, 2.75) is 37.3 Å². The number of hydrogen-bond acceptors (Lipinski definition) is 5. The Morgan fingerprint density at radius 1 is 0.974 bits per heavy atom. The molecular formula is C29H36ClN3O4S. The number of sulfonamides is 1. The first-order valence-electron chi connectivity index (χ1n) is 12.6. The van der Waals surface area contributed by atoms with Gasteiger partial charge in [-0.15, -0.1) is 12.4 Å². The summed E-state index contributed by atoms with van der Waals surface area (Å²) in [7, 11) is -1.62. The number of likely N-dealkylation sites (N-methyl/N-ethyl adjacent to an activating group) is 1. The van der Waals surface area contributed by atoms with Crippen LogP contribution in [0.1, 0.15) is 34.7 Å². The molecule has 2 unspecified atom stereocenters. The average Bonchev–Trinajstić information content (AvgIpc) is 3.32. The van der Waals surface area contributed by atoms with Crippen molar-refractivity contribution in [1.29, 1.82) is 0 Å². The largest absolute Gasteiger partial charge is 0.392 e. The first-order chi connectivity index (χ1) is 17.8. The van der Waals surface area contributed by atoms with E-state index in [1.54, 1.807) is 17.0 Å². The fourth-order valence-electron chi connectivity index (χ4n) is 4.64. The zero-order valence-corrected chi connectivity index (χ0v) is 23.2. The minimum Gasteiger partial charge on any atom is -0.392 e. The molecule has 1 saturated heterocycles. The monoisotopic (exact) mass is 557 g/mol. The number of rotatable bonds is 11. The summed E-state index contributed by atoms with van der Waals surface area (Å²) in [5.74, 6) is -0.0592. The predicted molar refractivity (Wildman–Crippen MR) is 152 cm³/mol. The van der Waals surface area contributed by atoms with Crippen LogP contribution in [0.25, 0.3) is 0 Å². The van der Waals surface area contributed by atoms with Crippen molar-refractivity contribution in [3.8, 4) is 0 Å². The van der Waals surface area contributed by atoms with Gasteiger partial charge in [0.05, 0.1) is 24.3 Å². The maximum atomic E-state index is 13.2. The highest BCUT2D eigenvalue weighted by Crippen LogP contribution is 2.24. The van der Waals surface area contributed by atoms with Crippen LogP contribution < -0.4 is 4.72 Å². The highest BCUT2D eigenvalue weighted by molar-refractivity contribution is 7.88. The molecule has 38 heavy (non-hydrogen) atoms. The molecule has 3 aromatic rings. The first kappa shape index (κ1) is 29.8. The Bertz CT molecular complexity index is 1260. The van der Waals surface area contributed by atoms with E-state index in [0.29, 0.717) is 13.1 Å². The molecule has 1 amide bonds.